The predicted molar refractivity (Wildman–Crippen MR) is 75.0 cm³/mol. The predicted octanol–water partition coefficient (Wildman–Crippen LogP) is 4.36. The Bertz CT molecular complexity index is 550. The number of aryl methyl sites for hydroxylation is 2. The lowest BCUT2D eigenvalue weighted by atomic mass is 10.0. The van der Waals surface area contributed by atoms with E-state index in [1.165, 1.54) is 11.5 Å². The third-order valence-corrected chi connectivity index (χ3v) is 3.17. The van der Waals surface area contributed by atoms with Gasteiger partial charge in [-0.1, -0.05) is 26.0 Å². The molecule has 1 aromatic carbocycles. The van der Waals surface area contributed by atoms with E-state index in [9.17, 15) is 10.1 Å². The summed E-state index contributed by atoms with van der Waals surface area (Å²) in [5, 5.41) is 10.8. The molecule has 0 N–H and O–H groups in total. The molecule has 0 aliphatic heterocycles. The van der Waals surface area contributed by atoms with Crippen molar-refractivity contribution >= 4 is 17.2 Å². The number of benzene rings is 1. The first-order chi connectivity index (χ1) is 8.59. The Hall–Kier alpha value is -1.75. The van der Waals surface area contributed by atoms with Crippen molar-refractivity contribution in [3.63, 3.8) is 0 Å². The molecular weight excluding hydrogens is 248 g/mol. The lowest BCUT2D eigenvalue weighted by Crippen LogP contribution is -1.92. The number of rotatable bonds is 2. The second-order valence-electron chi connectivity index (χ2n) is 3.55. The molecule has 2 rings (SSSR count). The van der Waals surface area contributed by atoms with Gasteiger partial charge in [-0.25, -0.2) is 4.37 Å². The monoisotopic (exact) mass is 264 g/mol. The van der Waals surface area contributed by atoms with Crippen LogP contribution in [-0.2, 0) is 0 Å². The molecule has 0 amide bonds. The standard InChI is InChI=1S/C11H10N2O2S.C2H6/c1-7-3-4-9(5-11(7)13(14)15)10-6-12-16-8(10)2;1-2/h3-6H,1-2H3;1-2H3. The zero-order valence-corrected chi connectivity index (χ0v) is 11.7. The summed E-state index contributed by atoms with van der Waals surface area (Å²) < 4.78 is 4.07. The van der Waals surface area contributed by atoms with E-state index in [-0.39, 0.29) is 10.6 Å². The summed E-state index contributed by atoms with van der Waals surface area (Å²) >= 11 is 1.40. The van der Waals surface area contributed by atoms with Gasteiger partial charge in [0.25, 0.3) is 5.69 Å². The van der Waals surface area contributed by atoms with Gasteiger partial charge in [0.2, 0.25) is 0 Å². The van der Waals surface area contributed by atoms with Crippen LogP contribution in [0.5, 0.6) is 0 Å². The van der Waals surface area contributed by atoms with Gasteiger partial charge < -0.3 is 0 Å². The molecule has 18 heavy (non-hydrogen) atoms. The van der Waals surface area contributed by atoms with Crippen LogP contribution in [-0.4, -0.2) is 9.30 Å². The molecule has 5 heteroatoms. The molecule has 0 radical (unpaired) electrons. The molecule has 0 aliphatic carbocycles. The third-order valence-electron chi connectivity index (χ3n) is 2.47. The smallest absolute Gasteiger partial charge is 0.258 e. The van der Waals surface area contributed by atoms with Crippen molar-refractivity contribution in [3.05, 3.63) is 45.0 Å². The third kappa shape index (κ3) is 2.92. The number of hydrogen-bond acceptors (Lipinski definition) is 4. The van der Waals surface area contributed by atoms with Crippen molar-refractivity contribution in [3.8, 4) is 11.1 Å². The SMILES string of the molecule is CC.Cc1ccc(-c2cnsc2C)cc1[N+](=O)[O-]. The molecule has 0 saturated heterocycles. The van der Waals surface area contributed by atoms with Crippen LogP contribution in [0.3, 0.4) is 0 Å². The van der Waals surface area contributed by atoms with E-state index in [0.29, 0.717) is 5.56 Å². The Kier molecular flexibility index (Phi) is 4.97. The summed E-state index contributed by atoms with van der Waals surface area (Å²) in [5.41, 5.74) is 2.65. The number of nitro groups is 1. The molecule has 0 aliphatic rings. The molecule has 0 spiro atoms. The molecule has 0 atom stereocenters. The molecule has 2 aromatic rings. The van der Waals surface area contributed by atoms with Gasteiger partial charge in [0.15, 0.2) is 0 Å². The highest BCUT2D eigenvalue weighted by molar-refractivity contribution is 7.06. The van der Waals surface area contributed by atoms with E-state index in [1.807, 2.05) is 26.8 Å². The van der Waals surface area contributed by atoms with Gasteiger partial charge >= 0.3 is 0 Å². The Morgan fingerprint density at radius 3 is 2.44 bits per heavy atom. The fourth-order valence-corrected chi connectivity index (χ4v) is 2.13. The molecule has 0 unspecified atom stereocenters. The normalized spacial score (nSPS) is 9.56. The molecule has 0 saturated carbocycles. The maximum absolute atomic E-state index is 10.8. The first kappa shape index (κ1) is 14.3. The Labute approximate surface area is 111 Å². The Morgan fingerprint density at radius 1 is 1.28 bits per heavy atom. The van der Waals surface area contributed by atoms with Crippen LogP contribution in [0.25, 0.3) is 11.1 Å². The summed E-state index contributed by atoms with van der Waals surface area (Å²) in [6.45, 7) is 7.69. The largest absolute Gasteiger partial charge is 0.272 e. The fraction of sp³-hybridized carbons (Fsp3) is 0.308. The zero-order valence-electron chi connectivity index (χ0n) is 10.9. The fourth-order valence-electron chi connectivity index (χ4n) is 1.55. The Balaban J connectivity index is 0.000000771. The van der Waals surface area contributed by atoms with Gasteiger partial charge in [0, 0.05) is 28.3 Å². The molecule has 1 heterocycles. The van der Waals surface area contributed by atoms with Crippen molar-refractivity contribution in [2.75, 3.05) is 0 Å². The Morgan fingerprint density at radius 2 is 1.94 bits per heavy atom. The van der Waals surface area contributed by atoms with Crippen LogP contribution < -0.4 is 0 Å². The van der Waals surface area contributed by atoms with Gasteiger partial charge in [0.05, 0.1) is 4.92 Å². The van der Waals surface area contributed by atoms with Crippen molar-refractivity contribution < 1.29 is 4.92 Å². The van der Waals surface area contributed by atoms with Crippen LogP contribution in [0, 0.1) is 24.0 Å². The minimum Gasteiger partial charge on any atom is -0.258 e. The van der Waals surface area contributed by atoms with E-state index in [2.05, 4.69) is 4.37 Å². The maximum Gasteiger partial charge on any atom is 0.272 e. The number of aromatic nitrogens is 1. The van der Waals surface area contributed by atoms with Crippen molar-refractivity contribution in [1.29, 1.82) is 0 Å². The van der Waals surface area contributed by atoms with E-state index in [4.69, 9.17) is 0 Å². The van der Waals surface area contributed by atoms with Crippen LogP contribution >= 0.6 is 11.5 Å². The lowest BCUT2D eigenvalue weighted by molar-refractivity contribution is -0.385. The first-order valence-corrected chi connectivity index (χ1v) is 6.53. The van der Waals surface area contributed by atoms with Crippen molar-refractivity contribution in [2.45, 2.75) is 27.7 Å². The van der Waals surface area contributed by atoms with Crippen molar-refractivity contribution in [1.82, 2.24) is 4.37 Å². The quantitative estimate of drug-likeness (QED) is 0.598. The maximum atomic E-state index is 10.8. The molecule has 0 fully saturated rings. The molecule has 96 valence electrons. The number of nitro benzene ring substituents is 1. The van der Waals surface area contributed by atoms with Gasteiger partial charge in [-0.05, 0) is 30.9 Å². The highest BCUT2D eigenvalue weighted by Gasteiger charge is 2.13. The summed E-state index contributed by atoms with van der Waals surface area (Å²) in [5.74, 6) is 0. The average molecular weight is 264 g/mol. The van der Waals surface area contributed by atoms with Crippen LogP contribution in [0.1, 0.15) is 24.3 Å². The topological polar surface area (TPSA) is 56.0 Å². The summed E-state index contributed by atoms with van der Waals surface area (Å²) in [4.78, 5) is 11.5. The number of hydrogen-bond donors (Lipinski definition) is 0. The molecular formula is C13H16N2O2S. The summed E-state index contributed by atoms with van der Waals surface area (Å²) in [7, 11) is 0. The van der Waals surface area contributed by atoms with Crippen LogP contribution in [0.15, 0.2) is 24.4 Å². The van der Waals surface area contributed by atoms with Gasteiger partial charge in [-0.15, -0.1) is 0 Å². The van der Waals surface area contributed by atoms with E-state index in [1.54, 1.807) is 25.3 Å². The minimum atomic E-state index is -0.353. The van der Waals surface area contributed by atoms with E-state index < -0.39 is 0 Å². The first-order valence-electron chi connectivity index (χ1n) is 5.76. The van der Waals surface area contributed by atoms with Crippen LogP contribution in [0.2, 0.25) is 0 Å². The minimum absolute atomic E-state index is 0.156. The second-order valence-corrected chi connectivity index (χ2v) is 4.56. The molecule has 4 nitrogen and oxygen atoms in total. The summed E-state index contributed by atoms with van der Waals surface area (Å²) in [6, 6.07) is 5.26. The highest BCUT2D eigenvalue weighted by atomic mass is 32.1. The van der Waals surface area contributed by atoms with Gasteiger partial charge in [0.1, 0.15) is 0 Å². The average Bonchev–Trinajstić information content (AvgIpc) is 2.78. The second kappa shape index (κ2) is 6.26. The van der Waals surface area contributed by atoms with E-state index in [0.717, 1.165) is 16.0 Å². The lowest BCUT2D eigenvalue weighted by Gasteiger charge is -2.01. The highest BCUT2D eigenvalue weighted by Crippen LogP contribution is 2.29. The molecule has 0 bridgehead atoms. The van der Waals surface area contributed by atoms with E-state index >= 15 is 0 Å². The number of nitrogens with zero attached hydrogens (tertiary/aromatic N) is 2. The van der Waals surface area contributed by atoms with Gasteiger partial charge in [-0.2, -0.15) is 0 Å². The van der Waals surface area contributed by atoms with Gasteiger partial charge in [-0.3, -0.25) is 10.1 Å². The molecule has 1 aromatic heterocycles. The zero-order chi connectivity index (χ0) is 13.7. The summed E-state index contributed by atoms with van der Waals surface area (Å²) in [6.07, 6.45) is 1.74. The van der Waals surface area contributed by atoms with Crippen molar-refractivity contribution in [2.24, 2.45) is 0 Å². The van der Waals surface area contributed by atoms with Crippen LogP contribution in [0.4, 0.5) is 5.69 Å².